The molecule has 3 aliphatic rings. The molecule has 1 aromatic heterocycles. The van der Waals surface area contributed by atoms with Crippen LogP contribution in [0.5, 0.6) is 5.75 Å². The lowest BCUT2D eigenvalue weighted by Crippen LogP contribution is -2.69. The van der Waals surface area contributed by atoms with Crippen LogP contribution in [0.4, 0.5) is 0 Å². The molecule has 0 unspecified atom stereocenters. The maximum Gasteiger partial charge on any atom is 0.233 e. The van der Waals surface area contributed by atoms with Crippen molar-refractivity contribution < 1.29 is 25.2 Å². The fourth-order valence-electron chi connectivity index (χ4n) is 6.24. The number of nitrogens with zero attached hydrogens (tertiary/aromatic N) is 3. The van der Waals surface area contributed by atoms with Crippen LogP contribution in [0, 0.1) is 0 Å². The third kappa shape index (κ3) is 5.64. The van der Waals surface area contributed by atoms with Gasteiger partial charge >= 0.3 is 0 Å². The topological polar surface area (TPSA) is 139 Å². The van der Waals surface area contributed by atoms with Gasteiger partial charge in [-0.05, 0) is 48.0 Å². The fourth-order valence-corrected chi connectivity index (χ4v) is 10.5. The van der Waals surface area contributed by atoms with Gasteiger partial charge in [0.05, 0.1) is 22.3 Å². The third-order valence-electron chi connectivity index (χ3n) is 8.16. The Kier molecular flexibility index (Phi) is 8.66. The second kappa shape index (κ2) is 13.0. The predicted molar refractivity (Wildman–Crippen MR) is 178 cm³/mol. The molecule has 5 atom stereocenters. The lowest BCUT2D eigenvalue weighted by molar-refractivity contribution is 0.0665. The summed E-state index contributed by atoms with van der Waals surface area (Å²) < 4.78 is 71.8. The average molecular weight is 690 g/mol. The van der Waals surface area contributed by atoms with Crippen molar-refractivity contribution in [2.75, 3.05) is 26.2 Å². The summed E-state index contributed by atoms with van der Waals surface area (Å²) in [4.78, 5) is 11.2. The molecule has 4 heterocycles. The van der Waals surface area contributed by atoms with E-state index >= 15 is 0 Å². The van der Waals surface area contributed by atoms with E-state index in [1.165, 1.54) is 12.1 Å². The molecule has 0 radical (unpaired) electrons. The summed E-state index contributed by atoms with van der Waals surface area (Å²) in [6.07, 6.45) is 3.13. The first-order valence-corrected chi connectivity index (χ1v) is 18.6. The average Bonchev–Trinajstić information content (AvgIpc) is 3.83. The molecular weight excluding hydrogens is 659 g/mol. The van der Waals surface area contributed by atoms with E-state index < -0.39 is 48.9 Å². The number of benzene rings is 3. The van der Waals surface area contributed by atoms with E-state index in [-0.39, 0.29) is 28.0 Å². The number of nitrogens with one attached hydrogen (secondary N) is 2. The number of pyridine rings is 1. The number of hydrogen-bond donors (Lipinski definition) is 2. The van der Waals surface area contributed by atoms with Crippen LogP contribution in [0.15, 0.2) is 141 Å². The predicted octanol–water partition coefficient (Wildman–Crippen LogP) is 3.28. The van der Waals surface area contributed by atoms with Crippen molar-refractivity contribution >= 4 is 37.8 Å². The summed E-state index contributed by atoms with van der Waals surface area (Å²) in [7, 11) is -4.28. The van der Waals surface area contributed by atoms with Gasteiger partial charge in [0.25, 0.3) is 0 Å². The minimum atomic E-state index is -4.28. The Labute approximate surface area is 278 Å². The van der Waals surface area contributed by atoms with Crippen LogP contribution >= 0.6 is 0 Å². The Morgan fingerprint density at radius 1 is 0.851 bits per heavy atom. The molecule has 4 aromatic rings. The van der Waals surface area contributed by atoms with Crippen LogP contribution in [0.3, 0.4) is 0 Å². The molecule has 0 saturated carbocycles. The molecule has 3 aliphatic heterocycles. The summed E-state index contributed by atoms with van der Waals surface area (Å²) in [5.41, 5.74) is -1.52. The standard InChI is InChI=1S/C33H31N5O6S3/c39-45(26-14-6-2-7-15-26)44-33(31-36-19-20-37-31)28(24-11-10-18-34-23-24)29(47(41,42)27-16-8-3-9-17-27)30-35-21-22-38(30)32(33)46(40)43-25-12-4-1-5-13-25/h1-18,23,28,32,35H,19-22H2,(H,36,37)/t28-,32-,33+,45-,46-/m1/s1. The number of aliphatic imine (C=N–C) groups is 1. The van der Waals surface area contributed by atoms with Crippen LogP contribution in [0.1, 0.15) is 11.5 Å². The summed E-state index contributed by atoms with van der Waals surface area (Å²) in [5.74, 6) is -0.412. The van der Waals surface area contributed by atoms with E-state index in [9.17, 15) is 16.8 Å². The number of amidine groups is 1. The van der Waals surface area contributed by atoms with Crippen LogP contribution in [0.25, 0.3) is 0 Å². The van der Waals surface area contributed by atoms with Gasteiger partial charge in [-0.15, -0.1) is 0 Å². The van der Waals surface area contributed by atoms with Gasteiger partial charge in [0, 0.05) is 32.0 Å². The lowest BCUT2D eigenvalue weighted by Gasteiger charge is -2.51. The van der Waals surface area contributed by atoms with E-state index in [2.05, 4.69) is 15.6 Å². The molecule has 0 spiro atoms. The fraction of sp³-hybridized carbons (Fsp3) is 0.212. The first-order chi connectivity index (χ1) is 22.9. The van der Waals surface area contributed by atoms with Crippen molar-refractivity contribution in [3.8, 4) is 5.75 Å². The highest BCUT2D eigenvalue weighted by Gasteiger charge is 2.66. The molecule has 14 heteroatoms. The first kappa shape index (κ1) is 31.2. The molecular formula is C33H31N5O6S3. The van der Waals surface area contributed by atoms with Gasteiger partial charge in [-0.2, -0.15) is 0 Å². The summed E-state index contributed by atoms with van der Waals surface area (Å²) >= 11 is -4.41. The monoisotopic (exact) mass is 689 g/mol. The molecule has 1 saturated heterocycles. The molecule has 0 bridgehead atoms. The van der Waals surface area contributed by atoms with E-state index in [0.29, 0.717) is 35.8 Å². The minimum Gasteiger partial charge on any atom is -0.399 e. The summed E-state index contributed by atoms with van der Waals surface area (Å²) in [5, 5.41) is 5.32. The zero-order valence-corrected chi connectivity index (χ0v) is 27.4. The van der Waals surface area contributed by atoms with Gasteiger partial charge in [0.2, 0.25) is 20.9 Å². The molecule has 242 valence electrons. The zero-order chi connectivity index (χ0) is 32.4. The Morgan fingerprint density at radius 2 is 1.55 bits per heavy atom. The largest absolute Gasteiger partial charge is 0.399 e. The number of fused-ring (bicyclic) bond motifs is 1. The maximum atomic E-state index is 14.9. The Balaban J connectivity index is 1.55. The van der Waals surface area contributed by atoms with Gasteiger partial charge < -0.3 is 19.7 Å². The molecule has 3 aromatic carbocycles. The Morgan fingerprint density at radius 3 is 2.21 bits per heavy atom. The second-order valence-corrected chi connectivity index (χ2v) is 15.1. The molecule has 1 fully saturated rings. The summed E-state index contributed by atoms with van der Waals surface area (Å²) in [6, 6.07) is 28.8. The van der Waals surface area contributed by atoms with Crippen molar-refractivity contribution in [1.82, 2.24) is 20.5 Å². The SMILES string of the molecule is O=[S@](O[C@@]1(C2=NCCN2)[C@@H]([S@](=O)Oc2ccccc2)N2CCNC2=C(S(=O)(=O)c2ccccc2)[C@H]1c1cccnc1)c1ccccc1. The van der Waals surface area contributed by atoms with Crippen LogP contribution < -0.4 is 14.8 Å². The van der Waals surface area contributed by atoms with Crippen molar-refractivity contribution in [2.24, 2.45) is 4.99 Å². The van der Waals surface area contributed by atoms with Gasteiger partial charge in [0.1, 0.15) is 22.3 Å². The molecule has 11 nitrogen and oxygen atoms in total. The number of para-hydroxylation sites is 1. The Bertz CT molecular complexity index is 1970. The Hall–Kier alpha value is -4.37. The molecule has 2 N–H and O–H groups in total. The van der Waals surface area contributed by atoms with E-state index in [4.69, 9.17) is 13.4 Å². The van der Waals surface area contributed by atoms with E-state index in [1.807, 2.05) is 6.07 Å². The highest BCUT2D eigenvalue weighted by molar-refractivity contribution is 7.95. The van der Waals surface area contributed by atoms with Crippen molar-refractivity contribution in [3.05, 3.63) is 132 Å². The highest BCUT2D eigenvalue weighted by Crippen LogP contribution is 2.53. The number of sulfone groups is 1. The lowest BCUT2D eigenvalue weighted by atomic mass is 9.78. The third-order valence-corrected chi connectivity index (χ3v) is 12.5. The van der Waals surface area contributed by atoms with Crippen LogP contribution in [-0.4, -0.2) is 69.7 Å². The number of aromatic nitrogens is 1. The smallest absolute Gasteiger partial charge is 0.233 e. The highest BCUT2D eigenvalue weighted by atomic mass is 32.2. The molecule has 0 amide bonds. The normalized spacial score (nSPS) is 23.7. The zero-order valence-electron chi connectivity index (χ0n) is 25.0. The van der Waals surface area contributed by atoms with Crippen LogP contribution in [0.2, 0.25) is 0 Å². The molecule has 7 rings (SSSR count). The summed E-state index contributed by atoms with van der Waals surface area (Å²) in [6.45, 7) is 1.35. The molecule has 47 heavy (non-hydrogen) atoms. The first-order valence-electron chi connectivity index (χ1n) is 14.9. The van der Waals surface area contributed by atoms with Gasteiger partial charge in [-0.1, -0.05) is 60.7 Å². The van der Waals surface area contributed by atoms with E-state index in [1.54, 1.807) is 102 Å². The maximum absolute atomic E-state index is 14.9. The van der Waals surface area contributed by atoms with Gasteiger partial charge in [-0.25, -0.2) is 16.8 Å². The van der Waals surface area contributed by atoms with Gasteiger partial charge in [-0.3, -0.25) is 14.2 Å². The molecule has 0 aliphatic carbocycles. The van der Waals surface area contributed by atoms with Crippen LogP contribution in [-0.2, 0) is 36.2 Å². The second-order valence-electron chi connectivity index (χ2n) is 11.0. The quantitative estimate of drug-likeness (QED) is 0.255. The van der Waals surface area contributed by atoms with Crippen molar-refractivity contribution in [2.45, 2.75) is 26.7 Å². The van der Waals surface area contributed by atoms with Gasteiger partial charge in [0.15, 0.2) is 22.1 Å². The number of hydrogen-bond acceptors (Lipinski definition) is 11. The number of rotatable bonds is 10. The van der Waals surface area contributed by atoms with Crippen molar-refractivity contribution in [3.63, 3.8) is 0 Å². The minimum absolute atomic E-state index is 0.0383. The van der Waals surface area contributed by atoms with E-state index in [0.717, 1.165) is 0 Å². The van der Waals surface area contributed by atoms with Crippen molar-refractivity contribution in [1.29, 1.82) is 0 Å².